The van der Waals surface area contributed by atoms with Crippen molar-refractivity contribution >= 4 is 17.4 Å². The van der Waals surface area contributed by atoms with Gasteiger partial charge in [-0.2, -0.15) is 0 Å². The first-order valence-electron chi connectivity index (χ1n) is 4.52. The number of aromatic nitrogens is 2. The molecule has 0 spiro atoms. The number of halogens is 3. The standard InChI is InChI=1S/C9H12ClF2N3/c1-5(3-7(11)12)15-9-6(2)8(10)13-4-14-9/h4-5,7H,3H2,1-2H3,(H,13,14,15). The van der Waals surface area contributed by atoms with Gasteiger partial charge in [-0.3, -0.25) is 0 Å². The second kappa shape index (κ2) is 5.21. The highest BCUT2D eigenvalue weighted by molar-refractivity contribution is 6.30. The molecule has 0 fully saturated rings. The molecule has 0 aliphatic rings. The Bertz CT molecular complexity index is 333. The van der Waals surface area contributed by atoms with Crippen LogP contribution >= 0.6 is 11.6 Å². The van der Waals surface area contributed by atoms with Crippen LogP contribution in [0.2, 0.25) is 5.15 Å². The van der Waals surface area contributed by atoms with Crippen LogP contribution in [-0.2, 0) is 0 Å². The molecule has 0 saturated carbocycles. The van der Waals surface area contributed by atoms with Gasteiger partial charge in [0.2, 0.25) is 6.43 Å². The van der Waals surface area contributed by atoms with Crippen LogP contribution in [0.1, 0.15) is 18.9 Å². The first-order valence-corrected chi connectivity index (χ1v) is 4.90. The summed E-state index contributed by atoms with van der Waals surface area (Å²) in [4.78, 5) is 7.71. The molecule has 1 aromatic rings. The van der Waals surface area contributed by atoms with Gasteiger partial charge in [0.1, 0.15) is 17.3 Å². The van der Waals surface area contributed by atoms with E-state index in [1.807, 2.05) is 0 Å². The summed E-state index contributed by atoms with van der Waals surface area (Å²) in [6.45, 7) is 3.40. The maximum atomic E-state index is 12.1. The first kappa shape index (κ1) is 12.1. The van der Waals surface area contributed by atoms with Gasteiger partial charge < -0.3 is 5.32 Å². The fourth-order valence-electron chi connectivity index (χ4n) is 1.13. The molecule has 1 atom stereocenters. The number of alkyl halides is 2. The second-order valence-electron chi connectivity index (χ2n) is 3.31. The van der Waals surface area contributed by atoms with E-state index in [4.69, 9.17) is 11.6 Å². The molecule has 0 saturated heterocycles. The highest BCUT2D eigenvalue weighted by Gasteiger charge is 2.12. The number of anilines is 1. The lowest BCUT2D eigenvalue weighted by molar-refractivity contribution is 0.133. The van der Waals surface area contributed by atoms with E-state index in [1.165, 1.54) is 6.33 Å². The Labute approximate surface area is 91.9 Å². The third-order valence-electron chi connectivity index (χ3n) is 1.94. The molecule has 84 valence electrons. The van der Waals surface area contributed by atoms with Crippen molar-refractivity contribution in [3.05, 3.63) is 17.0 Å². The summed E-state index contributed by atoms with van der Waals surface area (Å²) in [5.41, 5.74) is 0.667. The molecule has 1 rings (SSSR count). The summed E-state index contributed by atoms with van der Waals surface area (Å²) in [6.07, 6.45) is -1.25. The van der Waals surface area contributed by atoms with E-state index in [0.717, 1.165) is 0 Å². The van der Waals surface area contributed by atoms with Gasteiger partial charge in [0, 0.05) is 18.0 Å². The predicted molar refractivity (Wildman–Crippen MR) is 55.5 cm³/mol. The molecule has 0 aliphatic heterocycles. The monoisotopic (exact) mass is 235 g/mol. The van der Waals surface area contributed by atoms with Crippen LogP contribution in [-0.4, -0.2) is 22.4 Å². The van der Waals surface area contributed by atoms with E-state index in [-0.39, 0.29) is 12.5 Å². The maximum absolute atomic E-state index is 12.1. The molecule has 0 radical (unpaired) electrons. The fraction of sp³-hybridized carbons (Fsp3) is 0.556. The van der Waals surface area contributed by atoms with Crippen molar-refractivity contribution in [1.82, 2.24) is 9.97 Å². The van der Waals surface area contributed by atoms with Gasteiger partial charge in [-0.15, -0.1) is 0 Å². The average molecular weight is 236 g/mol. The zero-order valence-corrected chi connectivity index (χ0v) is 9.22. The van der Waals surface area contributed by atoms with Crippen LogP contribution in [0.25, 0.3) is 0 Å². The predicted octanol–water partition coefficient (Wildman–Crippen LogP) is 2.89. The Hall–Kier alpha value is -0.970. The van der Waals surface area contributed by atoms with Gasteiger partial charge >= 0.3 is 0 Å². The summed E-state index contributed by atoms with van der Waals surface area (Å²) in [5, 5.41) is 3.20. The quantitative estimate of drug-likeness (QED) is 0.816. The smallest absolute Gasteiger partial charge is 0.240 e. The van der Waals surface area contributed by atoms with Crippen molar-refractivity contribution in [3.8, 4) is 0 Å². The van der Waals surface area contributed by atoms with E-state index in [1.54, 1.807) is 13.8 Å². The lowest BCUT2D eigenvalue weighted by atomic mass is 10.2. The van der Waals surface area contributed by atoms with Crippen LogP contribution in [0.3, 0.4) is 0 Å². The Morgan fingerprint density at radius 1 is 1.47 bits per heavy atom. The molecule has 1 heterocycles. The van der Waals surface area contributed by atoms with Crippen molar-refractivity contribution < 1.29 is 8.78 Å². The molecule has 3 nitrogen and oxygen atoms in total. The van der Waals surface area contributed by atoms with Crippen molar-refractivity contribution in [3.63, 3.8) is 0 Å². The van der Waals surface area contributed by atoms with E-state index in [2.05, 4.69) is 15.3 Å². The number of nitrogens with one attached hydrogen (secondary N) is 1. The van der Waals surface area contributed by atoms with Crippen molar-refractivity contribution in [2.45, 2.75) is 32.7 Å². The minimum absolute atomic E-state index is 0.221. The normalized spacial score (nSPS) is 12.9. The second-order valence-corrected chi connectivity index (χ2v) is 3.67. The highest BCUT2D eigenvalue weighted by Crippen LogP contribution is 2.19. The van der Waals surface area contributed by atoms with E-state index >= 15 is 0 Å². The summed E-state index contributed by atoms with van der Waals surface area (Å²) in [7, 11) is 0. The Morgan fingerprint density at radius 2 is 2.13 bits per heavy atom. The van der Waals surface area contributed by atoms with E-state index in [0.29, 0.717) is 16.5 Å². The third-order valence-corrected chi connectivity index (χ3v) is 2.32. The van der Waals surface area contributed by atoms with Crippen molar-refractivity contribution in [2.75, 3.05) is 5.32 Å². The Morgan fingerprint density at radius 3 is 2.73 bits per heavy atom. The zero-order chi connectivity index (χ0) is 11.4. The minimum Gasteiger partial charge on any atom is -0.367 e. The number of rotatable bonds is 4. The van der Waals surface area contributed by atoms with E-state index in [9.17, 15) is 8.78 Å². The molecule has 6 heteroatoms. The fourth-order valence-corrected chi connectivity index (χ4v) is 1.27. The largest absolute Gasteiger partial charge is 0.367 e. The van der Waals surface area contributed by atoms with Crippen LogP contribution < -0.4 is 5.32 Å². The van der Waals surface area contributed by atoms with Crippen LogP contribution in [0.4, 0.5) is 14.6 Å². The first-order chi connectivity index (χ1) is 7.00. The maximum Gasteiger partial charge on any atom is 0.240 e. The summed E-state index contributed by atoms with van der Waals surface area (Å²) in [6, 6.07) is -0.352. The molecule has 1 aromatic heterocycles. The van der Waals surface area contributed by atoms with Gasteiger partial charge in [-0.1, -0.05) is 11.6 Å². The van der Waals surface area contributed by atoms with Gasteiger partial charge in [0.15, 0.2) is 0 Å². The molecule has 0 aliphatic carbocycles. The summed E-state index contributed by atoms with van der Waals surface area (Å²) < 4.78 is 24.1. The van der Waals surface area contributed by atoms with E-state index < -0.39 is 6.43 Å². The average Bonchev–Trinajstić information content (AvgIpc) is 2.11. The summed E-state index contributed by atoms with van der Waals surface area (Å²) in [5.74, 6) is 0.503. The SMILES string of the molecule is Cc1c(Cl)ncnc1NC(C)CC(F)F. The Balaban J connectivity index is 2.68. The molecule has 0 aromatic carbocycles. The topological polar surface area (TPSA) is 37.8 Å². The lowest BCUT2D eigenvalue weighted by Crippen LogP contribution is -2.20. The highest BCUT2D eigenvalue weighted by atomic mass is 35.5. The van der Waals surface area contributed by atoms with Crippen LogP contribution in [0, 0.1) is 6.92 Å². The molecular formula is C9H12ClF2N3. The van der Waals surface area contributed by atoms with Crippen LogP contribution in [0.15, 0.2) is 6.33 Å². The molecule has 1 N–H and O–H groups in total. The molecular weight excluding hydrogens is 224 g/mol. The lowest BCUT2D eigenvalue weighted by Gasteiger charge is -2.15. The molecule has 15 heavy (non-hydrogen) atoms. The van der Waals surface area contributed by atoms with Crippen LogP contribution in [0.5, 0.6) is 0 Å². The number of hydrogen-bond donors (Lipinski definition) is 1. The number of nitrogens with zero attached hydrogens (tertiary/aromatic N) is 2. The summed E-state index contributed by atoms with van der Waals surface area (Å²) >= 11 is 5.76. The van der Waals surface area contributed by atoms with Crippen molar-refractivity contribution in [2.24, 2.45) is 0 Å². The van der Waals surface area contributed by atoms with Gasteiger partial charge in [-0.25, -0.2) is 18.7 Å². The molecule has 1 unspecified atom stereocenters. The minimum atomic E-state index is -2.33. The van der Waals surface area contributed by atoms with Crippen molar-refractivity contribution in [1.29, 1.82) is 0 Å². The van der Waals surface area contributed by atoms with Gasteiger partial charge in [-0.05, 0) is 13.8 Å². The van der Waals surface area contributed by atoms with Gasteiger partial charge in [0.05, 0.1) is 0 Å². The molecule has 0 amide bonds. The zero-order valence-electron chi connectivity index (χ0n) is 8.47. The van der Waals surface area contributed by atoms with Gasteiger partial charge in [0.25, 0.3) is 0 Å². The third kappa shape index (κ3) is 3.58. The number of hydrogen-bond acceptors (Lipinski definition) is 3. The molecule has 0 bridgehead atoms. The Kier molecular flexibility index (Phi) is 4.20.